The number of rotatable bonds is 6. The molecule has 2 aromatic rings. The van der Waals surface area contributed by atoms with E-state index >= 15 is 0 Å². The Morgan fingerprint density at radius 1 is 1.05 bits per heavy atom. The van der Waals surface area contributed by atoms with Gasteiger partial charge in [-0.3, -0.25) is 0 Å². The van der Waals surface area contributed by atoms with Gasteiger partial charge in [0, 0.05) is 6.54 Å². The van der Waals surface area contributed by atoms with Crippen LogP contribution in [0.3, 0.4) is 0 Å². The van der Waals surface area contributed by atoms with E-state index in [2.05, 4.69) is 41.7 Å². The Balaban J connectivity index is 1.64. The molecule has 2 nitrogen and oxygen atoms in total. The van der Waals surface area contributed by atoms with Crippen molar-refractivity contribution in [1.29, 1.82) is 0 Å². The van der Waals surface area contributed by atoms with Crippen molar-refractivity contribution >= 4 is 0 Å². The number of nitrogens with one attached hydrogen (secondary N) is 1. The maximum atomic E-state index is 9.55. The maximum absolute atomic E-state index is 9.55. The molecule has 1 atom stereocenters. The molecular formula is C18H21NO. The highest BCUT2D eigenvalue weighted by atomic mass is 16.3. The van der Waals surface area contributed by atoms with Gasteiger partial charge < -0.3 is 10.4 Å². The van der Waals surface area contributed by atoms with E-state index in [-0.39, 0.29) is 12.6 Å². The van der Waals surface area contributed by atoms with Gasteiger partial charge >= 0.3 is 0 Å². The van der Waals surface area contributed by atoms with Crippen LogP contribution in [0.1, 0.15) is 41.5 Å². The molecule has 1 saturated carbocycles. The predicted octanol–water partition coefficient (Wildman–Crippen LogP) is 3.39. The van der Waals surface area contributed by atoms with Crippen molar-refractivity contribution in [2.75, 3.05) is 6.61 Å². The molecule has 0 aromatic heterocycles. The average Bonchev–Trinajstić information content (AvgIpc) is 3.34. The fourth-order valence-electron chi connectivity index (χ4n) is 2.59. The van der Waals surface area contributed by atoms with Gasteiger partial charge in [0.2, 0.25) is 0 Å². The Morgan fingerprint density at radius 3 is 2.55 bits per heavy atom. The smallest absolute Gasteiger partial charge is 0.0626 e. The van der Waals surface area contributed by atoms with Crippen molar-refractivity contribution in [3.05, 3.63) is 71.3 Å². The van der Waals surface area contributed by atoms with Crippen LogP contribution in [0, 0.1) is 0 Å². The van der Waals surface area contributed by atoms with Crippen molar-refractivity contribution in [2.24, 2.45) is 0 Å². The molecule has 1 aliphatic rings. The quantitative estimate of drug-likeness (QED) is 0.841. The summed E-state index contributed by atoms with van der Waals surface area (Å²) in [6.45, 7) is 0.910. The van der Waals surface area contributed by atoms with E-state index in [1.165, 1.54) is 24.0 Å². The molecule has 0 saturated heterocycles. The van der Waals surface area contributed by atoms with Crippen molar-refractivity contribution in [2.45, 2.75) is 31.3 Å². The second-order valence-corrected chi connectivity index (χ2v) is 5.55. The first-order valence-corrected chi connectivity index (χ1v) is 7.35. The molecule has 20 heavy (non-hydrogen) atoms. The summed E-state index contributed by atoms with van der Waals surface area (Å²) in [6.07, 6.45) is 2.67. The molecule has 2 heteroatoms. The summed E-state index contributed by atoms with van der Waals surface area (Å²) in [5.74, 6) is 0.790. The van der Waals surface area contributed by atoms with Crippen molar-refractivity contribution in [1.82, 2.24) is 5.32 Å². The number of benzene rings is 2. The summed E-state index contributed by atoms with van der Waals surface area (Å²) >= 11 is 0. The number of aliphatic hydroxyl groups excluding tert-OH is 1. The van der Waals surface area contributed by atoms with Gasteiger partial charge in [0.05, 0.1) is 12.6 Å². The molecule has 1 fully saturated rings. The van der Waals surface area contributed by atoms with Crippen molar-refractivity contribution in [3.63, 3.8) is 0 Å². The lowest BCUT2D eigenvalue weighted by Crippen LogP contribution is -2.23. The Morgan fingerprint density at radius 2 is 1.85 bits per heavy atom. The second-order valence-electron chi connectivity index (χ2n) is 5.55. The third kappa shape index (κ3) is 3.27. The molecule has 0 unspecified atom stereocenters. The third-order valence-corrected chi connectivity index (χ3v) is 3.94. The molecule has 0 amide bonds. The minimum absolute atomic E-state index is 0.000723. The standard InChI is InChI=1S/C18H21NO/c20-13-18(16-6-2-1-3-7-16)19-12-14-5-4-8-17(11-14)15-9-10-15/h1-8,11,15,18-20H,9-10,12-13H2/t18-/m1/s1. The molecule has 1 aliphatic carbocycles. The van der Waals surface area contributed by atoms with Gasteiger partial charge in [0.1, 0.15) is 0 Å². The SMILES string of the molecule is OC[C@@H](NCc1cccc(C2CC2)c1)c1ccccc1. The second kappa shape index (κ2) is 6.21. The van der Waals surface area contributed by atoms with Crippen LogP contribution in [0.15, 0.2) is 54.6 Å². The van der Waals surface area contributed by atoms with E-state index in [4.69, 9.17) is 0 Å². The van der Waals surface area contributed by atoms with Crippen molar-refractivity contribution < 1.29 is 5.11 Å². The summed E-state index contributed by atoms with van der Waals surface area (Å²) in [4.78, 5) is 0. The van der Waals surface area contributed by atoms with Gasteiger partial charge in [-0.05, 0) is 35.4 Å². The summed E-state index contributed by atoms with van der Waals surface area (Å²) in [7, 11) is 0. The lowest BCUT2D eigenvalue weighted by molar-refractivity contribution is 0.243. The normalized spacial score (nSPS) is 16.1. The third-order valence-electron chi connectivity index (χ3n) is 3.94. The monoisotopic (exact) mass is 267 g/mol. The first-order chi connectivity index (χ1) is 9.86. The van der Waals surface area contributed by atoms with E-state index in [0.29, 0.717) is 0 Å². The summed E-state index contributed by atoms with van der Waals surface area (Å²) in [5, 5.41) is 13.0. The Bertz CT molecular complexity index is 548. The first kappa shape index (κ1) is 13.3. The van der Waals surface area contributed by atoms with Gasteiger partial charge in [-0.2, -0.15) is 0 Å². The highest BCUT2D eigenvalue weighted by molar-refractivity contribution is 5.29. The molecule has 0 spiro atoms. The van der Waals surface area contributed by atoms with Crippen LogP contribution < -0.4 is 5.32 Å². The van der Waals surface area contributed by atoms with Crippen LogP contribution in [0.2, 0.25) is 0 Å². The molecule has 0 bridgehead atoms. The minimum atomic E-state index is 0.000723. The molecule has 0 aliphatic heterocycles. The van der Waals surface area contributed by atoms with Crippen LogP contribution in [0.4, 0.5) is 0 Å². The van der Waals surface area contributed by atoms with Crippen LogP contribution in [0.25, 0.3) is 0 Å². The Kier molecular flexibility index (Phi) is 4.14. The minimum Gasteiger partial charge on any atom is -0.394 e. The average molecular weight is 267 g/mol. The zero-order chi connectivity index (χ0) is 13.8. The van der Waals surface area contributed by atoms with E-state index in [1.807, 2.05) is 18.2 Å². The van der Waals surface area contributed by atoms with Gasteiger partial charge in [0.15, 0.2) is 0 Å². The fourth-order valence-corrected chi connectivity index (χ4v) is 2.59. The topological polar surface area (TPSA) is 32.3 Å². The van der Waals surface area contributed by atoms with Crippen LogP contribution >= 0.6 is 0 Å². The zero-order valence-corrected chi connectivity index (χ0v) is 11.6. The highest BCUT2D eigenvalue weighted by Gasteiger charge is 2.23. The maximum Gasteiger partial charge on any atom is 0.0626 e. The van der Waals surface area contributed by atoms with Gasteiger partial charge in [-0.15, -0.1) is 0 Å². The summed E-state index contributed by atoms with van der Waals surface area (Å²) < 4.78 is 0. The van der Waals surface area contributed by atoms with Crippen LogP contribution in [-0.4, -0.2) is 11.7 Å². The van der Waals surface area contributed by atoms with Gasteiger partial charge in [-0.25, -0.2) is 0 Å². The highest BCUT2D eigenvalue weighted by Crippen LogP contribution is 2.40. The van der Waals surface area contributed by atoms with E-state index in [0.717, 1.165) is 18.0 Å². The molecule has 2 N–H and O–H groups in total. The first-order valence-electron chi connectivity index (χ1n) is 7.35. The number of hydrogen-bond acceptors (Lipinski definition) is 2. The molecule has 0 radical (unpaired) electrons. The number of hydrogen-bond donors (Lipinski definition) is 2. The van der Waals surface area contributed by atoms with Gasteiger partial charge in [0.25, 0.3) is 0 Å². The lowest BCUT2D eigenvalue weighted by Gasteiger charge is -2.17. The van der Waals surface area contributed by atoms with Gasteiger partial charge in [-0.1, -0.05) is 54.6 Å². The number of aliphatic hydroxyl groups is 1. The molecular weight excluding hydrogens is 246 g/mol. The Hall–Kier alpha value is -1.64. The molecule has 0 heterocycles. The molecule has 3 rings (SSSR count). The van der Waals surface area contributed by atoms with Crippen LogP contribution in [0.5, 0.6) is 0 Å². The molecule has 104 valence electrons. The molecule has 2 aromatic carbocycles. The lowest BCUT2D eigenvalue weighted by atomic mass is 10.1. The van der Waals surface area contributed by atoms with E-state index < -0.39 is 0 Å². The fraction of sp³-hybridized carbons (Fsp3) is 0.333. The zero-order valence-electron chi connectivity index (χ0n) is 11.6. The van der Waals surface area contributed by atoms with E-state index in [9.17, 15) is 5.11 Å². The predicted molar refractivity (Wildman–Crippen MR) is 81.5 cm³/mol. The summed E-state index contributed by atoms with van der Waals surface area (Å²) in [5.41, 5.74) is 3.89. The van der Waals surface area contributed by atoms with E-state index in [1.54, 1.807) is 0 Å². The van der Waals surface area contributed by atoms with Crippen molar-refractivity contribution in [3.8, 4) is 0 Å². The van der Waals surface area contributed by atoms with Crippen LogP contribution in [-0.2, 0) is 6.54 Å². The summed E-state index contributed by atoms with van der Waals surface area (Å²) in [6, 6.07) is 18.9. The largest absolute Gasteiger partial charge is 0.394 e. The Labute approximate surface area is 120 Å².